The van der Waals surface area contributed by atoms with Crippen molar-refractivity contribution >= 4 is 21.6 Å². The van der Waals surface area contributed by atoms with Gasteiger partial charge in [-0.3, -0.25) is 9.03 Å². The second-order valence-electron chi connectivity index (χ2n) is 7.34. The maximum Gasteiger partial charge on any atom is 0.323 e. The van der Waals surface area contributed by atoms with E-state index in [4.69, 9.17) is 4.74 Å². The van der Waals surface area contributed by atoms with Gasteiger partial charge >= 0.3 is 10.2 Å². The molecule has 0 saturated heterocycles. The summed E-state index contributed by atoms with van der Waals surface area (Å²) in [5, 5.41) is 0. The molecule has 0 bridgehead atoms. The highest BCUT2D eigenvalue weighted by molar-refractivity contribution is 7.94. The van der Waals surface area contributed by atoms with Gasteiger partial charge in [-0.1, -0.05) is 12.1 Å². The molecule has 0 aliphatic carbocycles. The summed E-state index contributed by atoms with van der Waals surface area (Å²) in [6.07, 6.45) is 4.46. The minimum absolute atomic E-state index is 0.196. The molecule has 3 rings (SSSR count). The van der Waals surface area contributed by atoms with Gasteiger partial charge in [0.25, 0.3) is 0 Å². The van der Waals surface area contributed by atoms with Crippen LogP contribution in [0, 0.1) is 5.82 Å². The number of rotatable bonds is 11. The number of ether oxygens (including phenoxy) is 1. The minimum Gasteiger partial charge on any atom is -0.494 e. The van der Waals surface area contributed by atoms with Gasteiger partial charge in [-0.15, -0.1) is 6.58 Å². The second kappa shape index (κ2) is 9.95. The molecule has 1 heterocycles. The Balaban J connectivity index is 1.57. The number of hydrogen-bond acceptors (Lipinski definition) is 4. The fourth-order valence-electron chi connectivity index (χ4n) is 3.43. The molecule has 162 valence electrons. The Morgan fingerprint density at radius 2 is 2.10 bits per heavy atom. The number of anilines is 2. The normalized spacial score (nSPS) is 13.4. The van der Waals surface area contributed by atoms with E-state index in [2.05, 4.69) is 23.2 Å². The summed E-state index contributed by atoms with van der Waals surface area (Å²) >= 11 is 0. The van der Waals surface area contributed by atoms with E-state index in [0.717, 1.165) is 43.3 Å². The third kappa shape index (κ3) is 5.73. The molecule has 0 radical (unpaired) electrons. The van der Waals surface area contributed by atoms with Crippen molar-refractivity contribution in [2.75, 3.05) is 42.3 Å². The van der Waals surface area contributed by atoms with Crippen molar-refractivity contribution in [1.29, 1.82) is 0 Å². The number of halogens is 1. The number of unbranched alkanes of at least 4 members (excludes halogenated alkanes) is 1. The Morgan fingerprint density at radius 3 is 2.87 bits per heavy atom. The predicted molar refractivity (Wildman–Crippen MR) is 119 cm³/mol. The van der Waals surface area contributed by atoms with Crippen LogP contribution in [-0.2, 0) is 16.6 Å². The average molecular weight is 434 g/mol. The molecule has 0 atom stereocenters. The SMILES string of the molecule is C=CCN(C)CCCCOc1ccc2c(c1)CCN2S(=O)(=O)Nc1cccc(F)c1. The number of likely N-dealkylation sites (N-methyl/N-ethyl adjacent to an activating group) is 1. The summed E-state index contributed by atoms with van der Waals surface area (Å²) in [6.45, 7) is 6.54. The highest BCUT2D eigenvalue weighted by Crippen LogP contribution is 2.33. The summed E-state index contributed by atoms with van der Waals surface area (Å²) < 4.78 is 48.5. The molecule has 1 aliphatic heterocycles. The highest BCUT2D eigenvalue weighted by Gasteiger charge is 2.29. The number of benzene rings is 2. The Bertz CT molecular complexity index is 981. The van der Waals surface area contributed by atoms with Crippen LogP contribution in [0.4, 0.5) is 15.8 Å². The van der Waals surface area contributed by atoms with E-state index in [1.807, 2.05) is 12.1 Å². The fraction of sp³-hybridized carbons (Fsp3) is 0.364. The maximum absolute atomic E-state index is 13.4. The van der Waals surface area contributed by atoms with Crippen LogP contribution in [0.15, 0.2) is 55.1 Å². The molecular formula is C22H28FN3O3S. The molecule has 0 amide bonds. The average Bonchev–Trinajstić information content (AvgIpc) is 3.12. The zero-order chi connectivity index (χ0) is 21.6. The van der Waals surface area contributed by atoms with E-state index in [-0.39, 0.29) is 5.69 Å². The van der Waals surface area contributed by atoms with Gasteiger partial charge in [0.15, 0.2) is 0 Å². The minimum atomic E-state index is -3.83. The van der Waals surface area contributed by atoms with E-state index in [9.17, 15) is 12.8 Å². The summed E-state index contributed by atoms with van der Waals surface area (Å²) in [5.74, 6) is 0.247. The summed E-state index contributed by atoms with van der Waals surface area (Å²) in [5.41, 5.74) is 1.74. The zero-order valence-corrected chi connectivity index (χ0v) is 18.0. The van der Waals surface area contributed by atoms with Gasteiger partial charge < -0.3 is 9.64 Å². The number of fused-ring (bicyclic) bond motifs is 1. The zero-order valence-electron chi connectivity index (χ0n) is 17.2. The van der Waals surface area contributed by atoms with E-state index in [0.29, 0.717) is 25.3 Å². The molecule has 6 nitrogen and oxygen atoms in total. The third-order valence-electron chi connectivity index (χ3n) is 4.91. The van der Waals surface area contributed by atoms with Crippen LogP contribution in [-0.4, -0.2) is 46.6 Å². The van der Waals surface area contributed by atoms with Gasteiger partial charge in [-0.25, -0.2) is 4.39 Å². The number of hydrogen-bond donors (Lipinski definition) is 1. The Morgan fingerprint density at radius 1 is 1.27 bits per heavy atom. The van der Waals surface area contributed by atoms with Crippen LogP contribution >= 0.6 is 0 Å². The first-order chi connectivity index (χ1) is 14.4. The van der Waals surface area contributed by atoms with Crippen molar-refractivity contribution in [3.05, 3.63) is 66.5 Å². The second-order valence-corrected chi connectivity index (χ2v) is 8.93. The molecule has 0 fully saturated rings. The van der Waals surface area contributed by atoms with Gasteiger partial charge in [0.1, 0.15) is 11.6 Å². The van der Waals surface area contributed by atoms with Gasteiger partial charge in [0.2, 0.25) is 0 Å². The number of nitrogens with one attached hydrogen (secondary N) is 1. The molecule has 1 N–H and O–H groups in total. The first kappa shape index (κ1) is 22.1. The monoisotopic (exact) mass is 433 g/mol. The summed E-state index contributed by atoms with van der Waals surface area (Å²) in [4.78, 5) is 2.20. The highest BCUT2D eigenvalue weighted by atomic mass is 32.2. The van der Waals surface area contributed by atoms with Gasteiger partial charge in [-0.2, -0.15) is 8.42 Å². The Kier molecular flexibility index (Phi) is 7.33. The smallest absolute Gasteiger partial charge is 0.323 e. The van der Waals surface area contributed by atoms with E-state index in [1.165, 1.54) is 22.5 Å². The molecule has 30 heavy (non-hydrogen) atoms. The van der Waals surface area contributed by atoms with Gasteiger partial charge in [-0.05, 0) is 74.8 Å². The molecule has 2 aromatic rings. The lowest BCUT2D eigenvalue weighted by Crippen LogP contribution is -2.34. The Labute approximate surface area is 178 Å². The Hall–Kier alpha value is -2.58. The van der Waals surface area contributed by atoms with Crippen LogP contribution < -0.4 is 13.8 Å². The lowest BCUT2D eigenvalue weighted by atomic mass is 10.1. The summed E-state index contributed by atoms with van der Waals surface area (Å²) in [7, 11) is -1.77. The van der Waals surface area contributed by atoms with Crippen LogP contribution in [0.2, 0.25) is 0 Å². The third-order valence-corrected chi connectivity index (χ3v) is 6.36. The lowest BCUT2D eigenvalue weighted by Gasteiger charge is -2.20. The predicted octanol–water partition coefficient (Wildman–Crippen LogP) is 3.82. The van der Waals surface area contributed by atoms with Crippen molar-refractivity contribution < 1.29 is 17.5 Å². The van der Waals surface area contributed by atoms with Gasteiger partial charge in [0.05, 0.1) is 18.0 Å². The lowest BCUT2D eigenvalue weighted by molar-refractivity contribution is 0.287. The van der Waals surface area contributed by atoms with Crippen LogP contribution in [0.25, 0.3) is 0 Å². The van der Waals surface area contributed by atoms with Crippen molar-refractivity contribution in [1.82, 2.24) is 4.90 Å². The van der Waals surface area contributed by atoms with E-state index in [1.54, 1.807) is 12.1 Å². The molecule has 0 aromatic heterocycles. The first-order valence-corrected chi connectivity index (χ1v) is 11.4. The first-order valence-electron chi connectivity index (χ1n) is 10.0. The van der Waals surface area contributed by atoms with E-state index >= 15 is 0 Å². The standard InChI is InChI=1S/C22H28FN3O3S/c1-3-12-25(2)13-4-5-15-29-21-9-10-22-18(16-21)11-14-26(22)30(27,28)24-20-8-6-7-19(23)17-20/h3,6-10,16-17,24H,1,4-5,11-15H2,2H3. The van der Waals surface area contributed by atoms with Crippen LogP contribution in [0.1, 0.15) is 18.4 Å². The van der Waals surface area contributed by atoms with E-state index < -0.39 is 16.0 Å². The quantitative estimate of drug-likeness (QED) is 0.432. The maximum atomic E-state index is 13.4. The molecular weight excluding hydrogens is 405 g/mol. The van der Waals surface area contributed by atoms with Crippen LogP contribution in [0.5, 0.6) is 5.75 Å². The van der Waals surface area contributed by atoms with Gasteiger partial charge in [0, 0.05) is 13.1 Å². The van der Waals surface area contributed by atoms with Crippen molar-refractivity contribution in [2.24, 2.45) is 0 Å². The molecule has 1 aliphatic rings. The number of nitrogens with zero attached hydrogens (tertiary/aromatic N) is 2. The van der Waals surface area contributed by atoms with Crippen molar-refractivity contribution in [2.45, 2.75) is 19.3 Å². The largest absolute Gasteiger partial charge is 0.494 e. The van der Waals surface area contributed by atoms with Crippen molar-refractivity contribution in [3.63, 3.8) is 0 Å². The molecule has 0 saturated carbocycles. The van der Waals surface area contributed by atoms with Crippen LogP contribution in [0.3, 0.4) is 0 Å². The van der Waals surface area contributed by atoms with Crippen molar-refractivity contribution in [3.8, 4) is 5.75 Å². The molecule has 0 unspecified atom stereocenters. The summed E-state index contributed by atoms with van der Waals surface area (Å²) in [6, 6.07) is 10.9. The molecule has 8 heteroatoms. The molecule has 0 spiro atoms. The molecule has 2 aromatic carbocycles. The topological polar surface area (TPSA) is 61.9 Å². The fourth-order valence-corrected chi connectivity index (χ4v) is 4.73.